The van der Waals surface area contributed by atoms with Gasteiger partial charge in [-0.25, -0.2) is 0 Å². The smallest absolute Gasteiger partial charge is 0.234 e. The number of amides is 2. The Kier molecular flexibility index (Phi) is 7.06. The minimum absolute atomic E-state index is 0.00497. The van der Waals surface area contributed by atoms with E-state index in [4.69, 9.17) is 11.6 Å². The van der Waals surface area contributed by atoms with Crippen molar-refractivity contribution < 1.29 is 9.59 Å². The molecule has 148 valence electrons. The fourth-order valence-corrected chi connectivity index (χ4v) is 3.43. The van der Waals surface area contributed by atoms with Gasteiger partial charge in [0.15, 0.2) is 0 Å². The summed E-state index contributed by atoms with van der Waals surface area (Å²) in [4.78, 5) is 28.7. The molecule has 2 amide bonds. The Morgan fingerprint density at radius 3 is 2.36 bits per heavy atom. The van der Waals surface area contributed by atoms with Gasteiger partial charge in [0.1, 0.15) is 0 Å². The zero-order valence-electron chi connectivity index (χ0n) is 16.2. The highest BCUT2D eigenvalue weighted by Crippen LogP contribution is 2.11. The van der Waals surface area contributed by atoms with Crippen LogP contribution in [0.25, 0.3) is 0 Å². The first-order valence-corrected chi connectivity index (χ1v) is 9.95. The molecule has 0 bridgehead atoms. The molecule has 2 aromatic rings. The summed E-state index contributed by atoms with van der Waals surface area (Å²) in [5.41, 5.74) is 3.24. The van der Waals surface area contributed by atoms with Crippen molar-refractivity contribution in [2.75, 3.05) is 32.7 Å². The summed E-state index contributed by atoms with van der Waals surface area (Å²) in [6.45, 7) is 5.63. The van der Waals surface area contributed by atoms with Gasteiger partial charge in [-0.05, 0) is 35.7 Å². The van der Waals surface area contributed by atoms with Crippen molar-refractivity contribution in [3.8, 4) is 0 Å². The summed E-state index contributed by atoms with van der Waals surface area (Å²) >= 11 is 5.87. The normalized spacial score (nSPS) is 14.7. The minimum atomic E-state index is -0.00497. The number of nitrogens with one attached hydrogen (secondary N) is 1. The van der Waals surface area contributed by atoms with Crippen LogP contribution in [0.1, 0.15) is 16.7 Å². The van der Waals surface area contributed by atoms with E-state index >= 15 is 0 Å². The Bertz CT molecular complexity index is 815. The summed E-state index contributed by atoms with van der Waals surface area (Å²) in [6.07, 6.45) is 0.439. The van der Waals surface area contributed by atoms with Gasteiger partial charge < -0.3 is 10.2 Å². The number of carbonyl (C=O) groups is 2. The number of hydrogen-bond donors (Lipinski definition) is 1. The van der Waals surface area contributed by atoms with Crippen LogP contribution >= 0.6 is 11.6 Å². The summed E-state index contributed by atoms with van der Waals surface area (Å²) < 4.78 is 0. The van der Waals surface area contributed by atoms with Gasteiger partial charge in [0.05, 0.1) is 13.0 Å². The molecular formula is C22H26ClN3O2. The first-order valence-electron chi connectivity index (χ1n) is 9.57. The summed E-state index contributed by atoms with van der Waals surface area (Å²) in [5, 5.41) is 3.62. The third kappa shape index (κ3) is 5.81. The Hall–Kier alpha value is -2.37. The molecule has 1 heterocycles. The monoisotopic (exact) mass is 399 g/mol. The highest BCUT2D eigenvalue weighted by Gasteiger charge is 2.22. The molecule has 5 nitrogen and oxygen atoms in total. The van der Waals surface area contributed by atoms with E-state index in [0.717, 1.165) is 16.7 Å². The Balaban J connectivity index is 1.39. The topological polar surface area (TPSA) is 52.7 Å². The molecule has 1 saturated heterocycles. The van der Waals surface area contributed by atoms with Crippen molar-refractivity contribution in [2.24, 2.45) is 0 Å². The van der Waals surface area contributed by atoms with Crippen LogP contribution in [-0.4, -0.2) is 54.3 Å². The first-order chi connectivity index (χ1) is 13.5. The molecule has 1 N–H and O–H groups in total. The number of piperazine rings is 1. The molecule has 2 aromatic carbocycles. The maximum atomic E-state index is 12.6. The van der Waals surface area contributed by atoms with Gasteiger partial charge in [-0.1, -0.05) is 48.0 Å². The lowest BCUT2D eigenvalue weighted by Gasteiger charge is -2.34. The third-order valence-electron chi connectivity index (χ3n) is 5.10. The Morgan fingerprint density at radius 1 is 1.00 bits per heavy atom. The highest BCUT2D eigenvalue weighted by molar-refractivity contribution is 6.30. The predicted molar refractivity (Wildman–Crippen MR) is 111 cm³/mol. The Labute approximate surface area is 171 Å². The van der Waals surface area contributed by atoms with E-state index in [1.807, 2.05) is 60.4 Å². The largest absolute Gasteiger partial charge is 0.351 e. The molecule has 1 fully saturated rings. The number of hydrogen-bond acceptors (Lipinski definition) is 3. The fraction of sp³-hybridized carbons (Fsp3) is 0.364. The van der Waals surface area contributed by atoms with E-state index in [1.165, 1.54) is 0 Å². The van der Waals surface area contributed by atoms with Crippen LogP contribution in [0.3, 0.4) is 0 Å². The van der Waals surface area contributed by atoms with Gasteiger partial charge in [-0.3, -0.25) is 14.5 Å². The standard InChI is InChI=1S/C22H26ClN3O2/c1-17-4-2-3-5-19(17)14-22(28)26-12-10-25(11-13-26)16-21(27)24-15-18-6-8-20(23)9-7-18/h2-9H,10-16H2,1H3,(H,24,27). The number of benzene rings is 2. The van der Waals surface area contributed by atoms with Crippen molar-refractivity contribution in [3.63, 3.8) is 0 Å². The van der Waals surface area contributed by atoms with E-state index < -0.39 is 0 Å². The van der Waals surface area contributed by atoms with Gasteiger partial charge >= 0.3 is 0 Å². The molecule has 1 aliphatic rings. The van der Waals surface area contributed by atoms with Crippen LogP contribution in [0.5, 0.6) is 0 Å². The average Bonchev–Trinajstić information content (AvgIpc) is 2.70. The molecule has 1 aliphatic heterocycles. The van der Waals surface area contributed by atoms with E-state index in [1.54, 1.807) is 0 Å². The van der Waals surface area contributed by atoms with Crippen molar-refractivity contribution in [1.82, 2.24) is 15.1 Å². The number of aryl methyl sites for hydroxylation is 1. The second-order valence-corrected chi connectivity index (χ2v) is 7.60. The van der Waals surface area contributed by atoms with Gasteiger partial charge in [0.2, 0.25) is 11.8 Å². The van der Waals surface area contributed by atoms with Crippen molar-refractivity contribution in [3.05, 3.63) is 70.2 Å². The molecule has 3 rings (SSSR count). The summed E-state index contributed by atoms with van der Waals surface area (Å²) in [7, 11) is 0. The number of nitrogens with zero attached hydrogens (tertiary/aromatic N) is 2. The van der Waals surface area contributed by atoms with Gasteiger partial charge in [0.25, 0.3) is 0 Å². The number of rotatable bonds is 6. The minimum Gasteiger partial charge on any atom is -0.351 e. The molecule has 0 saturated carbocycles. The molecular weight excluding hydrogens is 374 g/mol. The predicted octanol–water partition coefficient (Wildman–Crippen LogP) is 2.65. The third-order valence-corrected chi connectivity index (χ3v) is 5.35. The molecule has 0 atom stereocenters. The van der Waals surface area contributed by atoms with E-state index in [2.05, 4.69) is 10.2 Å². The molecule has 6 heteroatoms. The second kappa shape index (κ2) is 9.71. The second-order valence-electron chi connectivity index (χ2n) is 7.16. The molecule has 0 spiro atoms. The van der Waals surface area contributed by atoms with Gasteiger partial charge in [0, 0.05) is 37.7 Å². The lowest BCUT2D eigenvalue weighted by Crippen LogP contribution is -2.51. The molecule has 0 aliphatic carbocycles. The van der Waals surface area contributed by atoms with E-state index in [0.29, 0.717) is 50.7 Å². The van der Waals surface area contributed by atoms with Crippen LogP contribution in [0, 0.1) is 6.92 Å². The first kappa shape index (κ1) is 20.4. The molecule has 0 aromatic heterocycles. The average molecular weight is 400 g/mol. The van der Waals surface area contributed by atoms with Gasteiger partial charge in [-0.2, -0.15) is 0 Å². The fourth-order valence-electron chi connectivity index (χ4n) is 3.30. The summed E-state index contributed by atoms with van der Waals surface area (Å²) in [5.74, 6) is 0.149. The van der Waals surface area contributed by atoms with Crippen LogP contribution < -0.4 is 5.32 Å². The molecule has 0 radical (unpaired) electrons. The van der Waals surface area contributed by atoms with Crippen LogP contribution in [0.4, 0.5) is 0 Å². The summed E-state index contributed by atoms with van der Waals surface area (Å²) in [6, 6.07) is 15.4. The zero-order valence-corrected chi connectivity index (χ0v) is 16.9. The number of carbonyl (C=O) groups excluding carboxylic acids is 2. The van der Waals surface area contributed by atoms with Crippen LogP contribution in [0.2, 0.25) is 5.02 Å². The highest BCUT2D eigenvalue weighted by atomic mass is 35.5. The lowest BCUT2D eigenvalue weighted by atomic mass is 10.1. The molecule has 0 unspecified atom stereocenters. The van der Waals surface area contributed by atoms with Crippen molar-refractivity contribution in [2.45, 2.75) is 19.9 Å². The lowest BCUT2D eigenvalue weighted by molar-refractivity contribution is -0.132. The maximum absolute atomic E-state index is 12.6. The maximum Gasteiger partial charge on any atom is 0.234 e. The van der Waals surface area contributed by atoms with Crippen LogP contribution in [-0.2, 0) is 22.6 Å². The number of halogens is 1. The van der Waals surface area contributed by atoms with Crippen molar-refractivity contribution >= 4 is 23.4 Å². The van der Waals surface area contributed by atoms with E-state index in [-0.39, 0.29) is 11.8 Å². The van der Waals surface area contributed by atoms with Crippen LogP contribution in [0.15, 0.2) is 48.5 Å². The van der Waals surface area contributed by atoms with Gasteiger partial charge in [-0.15, -0.1) is 0 Å². The quantitative estimate of drug-likeness (QED) is 0.812. The van der Waals surface area contributed by atoms with E-state index in [9.17, 15) is 9.59 Å². The van der Waals surface area contributed by atoms with Crippen molar-refractivity contribution in [1.29, 1.82) is 0 Å². The zero-order chi connectivity index (χ0) is 19.9. The Morgan fingerprint density at radius 2 is 1.68 bits per heavy atom. The molecule has 28 heavy (non-hydrogen) atoms. The SMILES string of the molecule is Cc1ccccc1CC(=O)N1CCN(CC(=O)NCc2ccc(Cl)cc2)CC1.